The molecule has 0 radical (unpaired) electrons. The van der Waals surface area contributed by atoms with E-state index in [1.54, 1.807) is 12.1 Å². The molecular weight excluding hydrogens is 342 g/mol. The molecule has 0 saturated carbocycles. The standard InChI is InChI=1S/C12H10BrN5O3/c13-5-3-8-9(16-12(21)15-8)4-7(5)14-11(20)6-1-2-10(19)18-17-6/h3-4H,1-2H2,(H,14,20)(H,18,19)(H2,15,16,21). The molecule has 0 atom stereocenters. The maximum atomic E-state index is 12.1. The van der Waals surface area contributed by atoms with Crippen LogP contribution in [0.25, 0.3) is 11.0 Å². The topological polar surface area (TPSA) is 119 Å². The number of hydrazone groups is 1. The van der Waals surface area contributed by atoms with Gasteiger partial charge in [-0.15, -0.1) is 0 Å². The number of hydrogen-bond donors (Lipinski definition) is 4. The van der Waals surface area contributed by atoms with Crippen LogP contribution >= 0.6 is 15.9 Å². The van der Waals surface area contributed by atoms with Crippen molar-refractivity contribution in [3.63, 3.8) is 0 Å². The Morgan fingerprint density at radius 3 is 2.57 bits per heavy atom. The van der Waals surface area contributed by atoms with E-state index < -0.39 is 5.91 Å². The zero-order chi connectivity index (χ0) is 15.0. The van der Waals surface area contributed by atoms with Crippen molar-refractivity contribution in [2.45, 2.75) is 12.8 Å². The molecule has 2 heterocycles. The Kier molecular flexibility index (Phi) is 3.34. The Morgan fingerprint density at radius 2 is 1.90 bits per heavy atom. The van der Waals surface area contributed by atoms with Gasteiger partial charge in [0.1, 0.15) is 5.71 Å². The van der Waals surface area contributed by atoms with Gasteiger partial charge in [0, 0.05) is 17.3 Å². The molecule has 0 spiro atoms. The third-order valence-corrected chi connectivity index (χ3v) is 3.67. The lowest BCUT2D eigenvalue weighted by atomic mass is 10.1. The Morgan fingerprint density at radius 1 is 1.19 bits per heavy atom. The number of aromatic amines is 2. The van der Waals surface area contributed by atoms with Gasteiger partial charge in [-0.25, -0.2) is 10.2 Å². The second kappa shape index (κ2) is 5.17. The SMILES string of the molecule is O=C1CCC(C(=O)Nc2cc3[nH]c(=O)[nH]c3cc2Br)=NN1. The Hall–Kier alpha value is -2.42. The fourth-order valence-corrected chi connectivity index (χ4v) is 2.43. The van der Waals surface area contributed by atoms with Crippen LogP contribution in [-0.4, -0.2) is 27.5 Å². The number of imidazole rings is 1. The molecule has 1 aromatic heterocycles. The van der Waals surface area contributed by atoms with Gasteiger partial charge in [0.15, 0.2) is 0 Å². The number of benzene rings is 1. The summed E-state index contributed by atoms with van der Waals surface area (Å²) in [6.07, 6.45) is 0.524. The third-order valence-electron chi connectivity index (χ3n) is 3.02. The van der Waals surface area contributed by atoms with E-state index in [1.165, 1.54) is 0 Å². The maximum absolute atomic E-state index is 12.1. The molecule has 0 unspecified atom stereocenters. The average Bonchev–Trinajstić information content (AvgIpc) is 2.79. The summed E-state index contributed by atoms with van der Waals surface area (Å²) in [6, 6.07) is 3.32. The molecule has 2 aromatic rings. The highest BCUT2D eigenvalue weighted by molar-refractivity contribution is 9.10. The molecule has 9 heteroatoms. The van der Waals surface area contributed by atoms with Crippen molar-refractivity contribution < 1.29 is 9.59 Å². The van der Waals surface area contributed by atoms with Crippen LogP contribution in [0.5, 0.6) is 0 Å². The molecule has 3 rings (SSSR count). The van der Waals surface area contributed by atoms with Crippen molar-refractivity contribution in [3.8, 4) is 0 Å². The molecule has 0 fully saturated rings. The summed E-state index contributed by atoms with van der Waals surface area (Å²) in [5.74, 6) is -0.605. The van der Waals surface area contributed by atoms with Crippen molar-refractivity contribution in [2.75, 3.05) is 5.32 Å². The fraction of sp³-hybridized carbons (Fsp3) is 0.167. The minimum atomic E-state index is -0.395. The van der Waals surface area contributed by atoms with Gasteiger partial charge in [0.2, 0.25) is 5.91 Å². The van der Waals surface area contributed by atoms with E-state index in [4.69, 9.17) is 0 Å². The number of rotatable bonds is 2. The summed E-state index contributed by atoms with van der Waals surface area (Å²) in [5, 5.41) is 6.42. The van der Waals surface area contributed by atoms with Crippen LogP contribution in [0.1, 0.15) is 12.8 Å². The first kappa shape index (κ1) is 13.6. The van der Waals surface area contributed by atoms with Gasteiger partial charge < -0.3 is 15.3 Å². The number of hydrogen-bond acceptors (Lipinski definition) is 4. The van der Waals surface area contributed by atoms with Crippen molar-refractivity contribution in [2.24, 2.45) is 5.10 Å². The highest BCUT2D eigenvalue weighted by atomic mass is 79.9. The second-order valence-corrected chi connectivity index (χ2v) is 5.36. The lowest BCUT2D eigenvalue weighted by Crippen LogP contribution is -2.32. The highest BCUT2D eigenvalue weighted by Crippen LogP contribution is 2.26. The third kappa shape index (κ3) is 2.72. The van der Waals surface area contributed by atoms with Gasteiger partial charge in [-0.2, -0.15) is 5.10 Å². The first-order valence-corrected chi connectivity index (χ1v) is 6.90. The Balaban J connectivity index is 1.87. The highest BCUT2D eigenvalue weighted by Gasteiger charge is 2.19. The molecule has 108 valence electrons. The molecule has 21 heavy (non-hydrogen) atoms. The molecular formula is C12H10BrN5O3. The smallest absolute Gasteiger partial charge is 0.320 e. The number of amides is 2. The predicted octanol–water partition coefficient (Wildman–Crippen LogP) is 0.823. The van der Waals surface area contributed by atoms with Crippen LogP contribution < -0.4 is 16.4 Å². The van der Waals surface area contributed by atoms with Crippen LogP contribution in [0.3, 0.4) is 0 Å². The van der Waals surface area contributed by atoms with E-state index >= 15 is 0 Å². The van der Waals surface area contributed by atoms with Crippen molar-refractivity contribution >= 4 is 50.2 Å². The van der Waals surface area contributed by atoms with E-state index in [0.717, 1.165) is 0 Å². The van der Waals surface area contributed by atoms with Crippen molar-refractivity contribution in [3.05, 3.63) is 27.1 Å². The number of carbonyl (C=O) groups is 2. The van der Waals surface area contributed by atoms with Crippen molar-refractivity contribution in [1.82, 2.24) is 15.4 Å². The van der Waals surface area contributed by atoms with Crippen LogP contribution in [0.4, 0.5) is 5.69 Å². The molecule has 0 bridgehead atoms. The monoisotopic (exact) mass is 351 g/mol. The van der Waals surface area contributed by atoms with Crippen LogP contribution in [0.15, 0.2) is 26.5 Å². The van der Waals surface area contributed by atoms with Gasteiger partial charge in [-0.05, 0) is 28.1 Å². The molecule has 4 N–H and O–H groups in total. The Bertz CT molecular complexity index is 835. The summed E-state index contributed by atoms with van der Waals surface area (Å²) in [7, 11) is 0. The van der Waals surface area contributed by atoms with Gasteiger partial charge in [-0.3, -0.25) is 9.59 Å². The normalized spacial score (nSPS) is 14.7. The number of halogens is 1. The lowest BCUT2D eigenvalue weighted by Gasteiger charge is -2.12. The largest absolute Gasteiger partial charge is 0.323 e. The van der Waals surface area contributed by atoms with Crippen LogP contribution in [0.2, 0.25) is 0 Å². The molecule has 1 aromatic carbocycles. The van der Waals surface area contributed by atoms with E-state index in [1.807, 2.05) is 0 Å². The fourth-order valence-electron chi connectivity index (χ4n) is 1.98. The Labute approximate surface area is 126 Å². The van der Waals surface area contributed by atoms with Gasteiger partial charge >= 0.3 is 5.69 Å². The quantitative estimate of drug-likeness (QED) is 0.641. The molecule has 1 aliphatic heterocycles. The minimum Gasteiger partial charge on any atom is -0.320 e. The maximum Gasteiger partial charge on any atom is 0.323 e. The second-order valence-electron chi connectivity index (χ2n) is 4.50. The number of H-pyrrole nitrogens is 2. The van der Waals surface area contributed by atoms with Gasteiger partial charge in [0.25, 0.3) is 5.91 Å². The molecule has 1 aliphatic rings. The average molecular weight is 352 g/mol. The van der Waals surface area contributed by atoms with Gasteiger partial charge in [-0.1, -0.05) is 0 Å². The summed E-state index contributed by atoms with van der Waals surface area (Å²) in [4.78, 5) is 39.5. The number of anilines is 1. The van der Waals surface area contributed by atoms with E-state index in [0.29, 0.717) is 27.6 Å². The van der Waals surface area contributed by atoms with Crippen LogP contribution in [-0.2, 0) is 9.59 Å². The summed E-state index contributed by atoms with van der Waals surface area (Å²) < 4.78 is 0.624. The molecule has 8 nitrogen and oxygen atoms in total. The molecule has 2 amide bonds. The first-order valence-electron chi connectivity index (χ1n) is 6.11. The molecule has 0 aliphatic carbocycles. The van der Waals surface area contributed by atoms with Gasteiger partial charge in [0.05, 0.1) is 16.7 Å². The number of carbonyl (C=O) groups excluding carboxylic acids is 2. The first-order chi connectivity index (χ1) is 10.0. The van der Waals surface area contributed by atoms with E-state index in [-0.39, 0.29) is 23.7 Å². The number of aromatic nitrogens is 2. The zero-order valence-electron chi connectivity index (χ0n) is 10.6. The van der Waals surface area contributed by atoms with E-state index in [2.05, 4.69) is 41.7 Å². The minimum absolute atomic E-state index is 0.209. The summed E-state index contributed by atoms with van der Waals surface area (Å²) in [6.45, 7) is 0. The number of nitrogens with zero attached hydrogens (tertiary/aromatic N) is 1. The van der Waals surface area contributed by atoms with Crippen molar-refractivity contribution in [1.29, 1.82) is 0 Å². The zero-order valence-corrected chi connectivity index (χ0v) is 12.2. The van der Waals surface area contributed by atoms with Crippen LogP contribution in [0, 0.1) is 0 Å². The van der Waals surface area contributed by atoms with E-state index in [9.17, 15) is 14.4 Å². The summed E-state index contributed by atoms with van der Waals surface area (Å²) in [5.41, 5.74) is 3.92. The molecule has 0 saturated heterocycles. The lowest BCUT2D eigenvalue weighted by molar-refractivity contribution is -0.121. The number of nitrogens with one attached hydrogen (secondary N) is 4. The predicted molar refractivity (Wildman–Crippen MR) is 80.1 cm³/mol. The summed E-state index contributed by atoms with van der Waals surface area (Å²) >= 11 is 3.33. The number of fused-ring (bicyclic) bond motifs is 1.